The first-order chi connectivity index (χ1) is 14.0. The van der Waals surface area contributed by atoms with Gasteiger partial charge in [-0.15, -0.1) is 22.7 Å². The van der Waals surface area contributed by atoms with Gasteiger partial charge in [0.2, 0.25) is 0 Å². The number of thiophene rings is 2. The van der Waals surface area contributed by atoms with E-state index in [0.29, 0.717) is 28.2 Å². The van der Waals surface area contributed by atoms with Crippen LogP contribution in [0, 0.1) is 0 Å². The van der Waals surface area contributed by atoms with Crippen molar-refractivity contribution in [3.05, 3.63) is 68.3 Å². The Balaban J connectivity index is 1.48. The predicted octanol–water partition coefficient (Wildman–Crippen LogP) is 5.45. The number of nitrogens with two attached hydrogens (primary N) is 1. The lowest BCUT2D eigenvalue weighted by molar-refractivity contribution is 0.0699. The van der Waals surface area contributed by atoms with Gasteiger partial charge in [0.25, 0.3) is 0 Å². The van der Waals surface area contributed by atoms with E-state index in [1.165, 1.54) is 28.9 Å². The van der Waals surface area contributed by atoms with Gasteiger partial charge >= 0.3 is 5.97 Å². The normalized spacial score (nSPS) is 10.9. The summed E-state index contributed by atoms with van der Waals surface area (Å²) >= 11 is 8.72. The molecule has 0 aliphatic rings. The number of anilines is 1. The van der Waals surface area contributed by atoms with E-state index < -0.39 is 5.97 Å². The van der Waals surface area contributed by atoms with Crippen LogP contribution in [0.3, 0.4) is 0 Å². The third kappa shape index (κ3) is 4.29. The van der Waals surface area contributed by atoms with Crippen molar-refractivity contribution < 1.29 is 19.4 Å². The lowest BCUT2D eigenvalue weighted by atomic mass is 10.1. The first kappa shape index (κ1) is 19.5. The van der Waals surface area contributed by atoms with E-state index in [4.69, 9.17) is 26.8 Å². The van der Waals surface area contributed by atoms with E-state index in [1.54, 1.807) is 6.07 Å². The van der Waals surface area contributed by atoms with Crippen molar-refractivity contribution >= 4 is 56.1 Å². The van der Waals surface area contributed by atoms with Gasteiger partial charge in [-0.3, -0.25) is 0 Å². The molecule has 0 bridgehead atoms. The predicted molar refractivity (Wildman–Crippen MR) is 115 cm³/mol. The molecule has 0 aliphatic carbocycles. The zero-order chi connectivity index (χ0) is 20.4. The van der Waals surface area contributed by atoms with Crippen molar-refractivity contribution in [2.45, 2.75) is 13.2 Å². The smallest absolute Gasteiger partial charge is 0.338 e. The summed E-state index contributed by atoms with van der Waals surface area (Å²) in [5, 5.41) is 11.8. The molecule has 4 rings (SSSR count). The van der Waals surface area contributed by atoms with E-state index in [2.05, 4.69) is 4.98 Å². The molecule has 0 saturated carbocycles. The summed E-state index contributed by atoms with van der Waals surface area (Å²) in [6, 6.07) is 11.1. The molecule has 3 heterocycles. The molecule has 0 atom stereocenters. The summed E-state index contributed by atoms with van der Waals surface area (Å²) in [5.74, 6) is 0.564. The second kappa shape index (κ2) is 8.28. The SMILES string of the molecule is Nc1ncc(C(=O)O)c2scc(COc3cccc(OCc4ccc(Cl)s4)c3)c12. The molecule has 148 valence electrons. The Morgan fingerprint density at radius 2 is 1.93 bits per heavy atom. The zero-order valence-electron chi connectivity index (χ0n) is 14.9. The number of carbonyl (C=O) groups is 1. The number of nitrogens with zero attached hydrogens (tertiary/aromatic N) is 1. The Bertz CT molecular complexity index is 1190. The lowest BCUT2D eigenvalue weighted by Crippen LogP contribution is -2.02. The molecule has 0 aliphatic heterocycles. The molecule has 3 aromatic heterocycles. The number of aromatic nitrogens is 1. The minimum atomic E-state index is -1.03. The maximum absolute atomic E-state index is 11.4. The standard InChI is InChI=1S/C20H15ClN2O4S2/c21-16-5-4-14(29-16)9-27-13-3-1-2-12(6-13)26-8-11-10-28-18-15(20(24)25)7-23-19(22)17(11)18/h1-7,10H,8-9H2,(H2,22,23)(H,24,25). The molecule has 0 fully saturated rings. The molecule has 6 nitrogen and oxygen atoms in total. The fourth-order valence-corrected chi connectivity index (χ4v) is 4.85. The van der Waals surface area contributed by atoms with Crippen LogP contribution in [0.5, 0.6) is 11.5 Å². The number of rotatable bonds is 7. The highest BCUT2D eigenvalue weighted by Gasteiger charge is 2.17. The van der Waals surface area contributed by atoms with Gasteiger partial charge in [0, 0.05) is 28.1 Å². The molecule has 1 aromatic carbocycles. The number of pyridine rings is 1. The van der Waals surface area contributed by atoms with E-state index in [9.17, 15) is 9.90 Å². The number of aromatic carboxylic acids is 1. The van der Waals surface area contributed by atoms with Crippen LogP contribution in [0.2, 0.25) is 4.34 Å². The maximum atomic E-state index is 11.4. The summed E-state index contributed by atoms with van der Waals surface area (Å²) in [5.41, 5.74) is 6.90. The number of benzene rings is 1. The average molecular weight is 447 g/mol. The third-order valence-corrected chi connectivity index (χ3v) is 6.41. The molecule has 4 aromatic rings. The van der Waals surface area contributed by atoms with Crippen molar-refractivity contribution in [2.75, 3.05) is 5.73 Å². The third-order valence-electron chi connectivity index (χ3n) is 4.14. The van der Waals surface area contributed by atoms with Gasteiger partial charge in [-0.25, -0.2) is 9.78 Å². The Labute approximate surface area is 179 Å². The highest BCUT2D eigenvalue weighted by molar-refractivity contribution is 7.18. The molecule has 0 amide bonds. The maximum Gasteiger partial charge on any atom is 0.338 e. The van der Waals surface area contributed by atoms with Gasteiger partial charge in [0.05, 0.1) is 14.6 Å². The van der Waals surface area contributed by atoms with Crippen LogP contribution in [-0.2, 0) is 13.2 Å². The van der Waals surface area contributed by atoms with Gasteiger partial charge < -0.3 is 20.3 Å². The molecule has 0 radical (unpaired) electrons. The van der Waals surface area contributed by atoms with E-state index in [1.807, 2.05) is 35.7 Å². The second-order valence-corrected chi connectivity index (χ2v) is 8.76. The van der Waals surface area contributed by atoms with Gasteiger partial charge in [0.1, 0.15) is 30.5 Å². The first-order valence-electron chi connectivity index (χ1n) is 8.49. The Morgan fingerprint density at radius 3 is 2.62 bits per heavy atom. The van der Waals surface area contributed by atoms with Crippen molar-refractivity contribution in [3.63, 3.8) is 0 Å². The van der Waals surface area contributed by atoms with E-state index >= 15 is 0 Å². The van der Waals surface area contributed by atoms with Crippen molar-refractivity contribution in [3.8, 4) is 11.5 Å². The van der Waals surface area contributed by atoms with E-state index in [0.717, 1.165) is 14.8 Å². The van der Waals surface area contributed by atoms with Crippen molar-refractivity contribution in [1.29, 1.82) is 0 Å². The topological polar surface area (TPSA) is 94.7 Å². The summed E-state index contributed by atoms with van der Waals surface area (Å²) in [6.45, 7) is 0.662. The monoisotopic (exact) mass is 446 g/mol. The van der Waals surface area contributed by atoms with Crippen molar-refractivity contribution in [1.82, 2.24) is 4.98 Å². The fourth-order valence-electron chi connectivity index (χ4n) is 2.79. The number of hydrogen-bond acceptors (Lipinski definition) is 7. The Hall–Kier alpha value is -2.81. The largest absolute Gasteiger partial charge is 0.489 e. The van der Waals surface area contributed by atoms with Crippen LogP contribution < -0.4 is 15.2 Å². The van der Waals surface area contributed by atoms with Crippen LogP contribution >= 0.6 is 34.3 Å². The van der Waals surface area contributed by atoms with Gasteiger partial charge in [0.15, 0.2) is 0 Å². The molecular formula is C20H15ClN2O4S2. The lowest BCUT2D eigenvalue weighted by Gasteiger charge is -2.09. The van der Waals surface area contributed by atoms with Gasteiger partial charge in [-0.1, -0.05) is 17.7 Å². The first-order valence-corrected chi connectivity index (χ1v) is 10.6. The quantitative estimate of drug-likeness (QED) is 0.392. The molecule has 9 heteroatoms. The second-order valence-electron chi connectivity index (χ2n) is 6.09. The molecule has 3 N–H and O–H groups in total. The number of nitrogen functional groups attached to an aromatic ring is 1. The Morgan fingerprint density at radius 1 is 1.17 bits per heavy atom. The van der Waals surface area contributed by atoms with Crippen LogP contribution in [0.15, 0.2) is 48.0 Å². The molecule has 0 unspecified atom stereocenters. The molecular weight excluding hydrogens is 432 g/mol. The summed E-state index contributed by atoms with van der Waals surface area (Å²) < 4.78 is 13.0. The molecule has 0 spiro atoms. The van der Waals surface area contributed by atoms with Crippen LogP contribution in [0.1, 0.15) is 20.8 Å². The van der Waals surface area contributed by atoms with Gasteiger partial charge in [-0.2, -0.15) is 0 Å². The molecule has 0 saturated heterocycles. The number of halogens is 1. The minimum Gasteiger partial charge on any atom is -0.489 e. The van der Waals surface area contributed by atoms with Crippen LogP contribution in [0.4, 0.5) is 5.82 Å². The van der Waals surface area contributed by atoms with Crippen LogP contribution in [0.25, 0.3) is 10.1 Å². The number of hydrogen-bond donors (Lipinski definition) is 2. The summed E-state index contributed by atoms with van der Waals surface area (Å²) in [6.07, 6.45) is 1.28. The number of fused-ring (bicyclic) bond motifs is 1. The van der Waals surface area contributed by atoms with Gasteiger partial charge in [-0.05, 0) is 29.6 Å². The highest BCUT2D eigenvalue weighted by Crippen LogP contribution is 2.33. The van der Waals surface area contributed by atoms with Crippen LogP contribution in [-0.4, -0.2) is 16.1 Å². The fraction of sp³-hybridized carbons (Fsp3) is 0.100. The zero-order valence-corrected chi connectivity index (χ0v) is 17.3. The summed E-state index contributed by atoms with van der Waals surface area (Å²) in [4.78, 5) is 16.4. The highest BCUT2D eigenvalue weighted by atomic mass is 35.5. The van der Waals surface area contributed by atoms with E-state index in [-0.39, 0.29) is 18.0 Å². The minimum absolute atomic E-state index is 0.134. The van der Waals surface area contributed by atoms with Crippen molar-refractivity contribution in [2.24, 2.45) is 0 Å². The number of carboxylic acids is 1. The Kier molecular flexibility index (Phi) is 5.57. The summed E-state index contributed by atoms with van der Waals surface area (Å²) in [7, 11) is 0. The average Bonchev–Trinajstić information content (AvgIpc) is 3.32. The number of carboxylic acid groups (broad SMARTS) is 1. The number of ether oxygens (including phenoxy) is 2. The molecule has 29 heavy (non-hydrogen) atoms.